The Morgan fingerprint density at radius 2 is 2.26 bits per heavy atom. The molecule has 0 aliphatic carbocycles. The van der Waals surface area contributed by atoms with E-state index in [4.69, 9.17) is 0 Å². The number of aryl methyl sites for hydroxylation is 1. The molecule has 0 spiro atoms. The third-order valence-corrected chi connectivity index (χ3v) is 2.76. The lowest BCUT2D eigenvalue weighted by atomic mass is 10.1. The first-order valence-electron chi connectivity index (χ1n) is 5.80. The average molecular weight is 258 g/mol. The maximum absolute atomic E-state index is 11.9. The fourth-order valence-corrected chi connectivity index (χ4v) is 1.71. The summed E-state index contributed by atoms with van der Waals surface area (Å²) in [7, 11) is 3.01. The van der Waals surface area contributed by atoms with Crippen molar-refractivity contribution in [1.29, 1.82) is 0 Å². The van der Waals surface area contributed by atoms with Gasteiger partial charge in [-0.1, -0.05) is 18.2 Å². The van der Waals surface area contributed by atoms with E-state index in [0.29, 0.717) is 10.9 Å². The summed E-state index contributed by atoms with van der Waals surface area (Å²) in [6, 6.07) is 5.40. The molecule has 0 N–H and O–H groups in total. The molecule has 0 amide bonds. The van der Waals surface area contributed by atoms with E-state index in [2.05, 4.69) is 9.72 Å². The van der Waals surface area contributed by atoms with E-state index >= 15 is 0 Å². The van der Waals surface area contributed by atoms with Gasteiger partial charge in [-0.2, -0.15) is 0 Å². The number of fused-ring (bicyclic) bond motifs is 1. The van der Waals surface area contributed by atoms with Crippen molar-refractivity contribution in [3.8, 4) is 0 Å². The van der Waals surface area contributed by atoms with Gasteiger partial charge in [-0.15, -0.1) is 0 Å². The second kappa shape index (κ2) is 5.48. The fraction of sp³-hybridized carbons (Fsp3) is 0.214. The first-order chi connectivity index (χ1) is 9.11. The smallest absolute Gasteiger partial charge is 0.309 e. The summed E-state index contributed by atoms with van der Waals surface area (Å²) in [5.74, 6) is -0.297. The molecule has 98 valence electrons. The molecule has 1 heterocycles. The standard InChI is InChI=1S/C14H14N2O3/c1-16-9-15-12-7-6-10(8-11(12)14(16)18)4-3-5-13(17)19-2/h3-4,6-9H,5H2,1-2H3. The molecule has 19 heavy (non-hydrogen) atoms. The molecule has 2 rings (SSSR count). The van der Waals surface area contributed by atoms with Crippen LogP contribution in [0.15, 0.2) is 35.4 Å². The number of carbonyl (C=O) groups is 1. The van der Waals surface area contributed by atoms with Gasteiger partial charge < -0.3 is 9.30 Å². The van der Waals surface area contributed by atoms with Crippen LogP contribution in [0.3, 0.4) is 0 Å². The van der Waals surface area contributed by atoms with Gasteiger partial charge in [0.25, 0.3) is 5.56 Å². The third kappa shape index (κ3) is 2.88. The minimum Gasteiger partial charge on any atom is -0.469 e. The van der Waals surface area contributed by atoms with Gasteiger partial charge in [0.05, 0.1) is 30.8 Å². The zero-order chi connectivity index (χ0) is 13.8. The molecule has 0 saturated carbocycles. The molecule has 1 aromatic carbocycles. The van der Waals surface area contributed by atoms with Crippen LogP contribution in [0.5, 0.6) is 0 Å². The molecule has 0 fully saturated rings. The van der Waals surface area contributed by atoms with Crippen molar-refractivity contribution in [1.82, 2.24) is 9.55 Å². The van der Waals surface area contributed by atoms with Crippen molar-refractivity contribution in [2.75, 3.05) is 7.11 Å². The Kier molecular flexibility index (Phi) is 3.75. The highest BCUT2D eigenvalue weighted by atomic mass is 16.5. The molecule has 0 radical (unpaired) electrons. The van der Waals surface area contributed by atoms with Crippen LogP contribution in [-0.2, 0) is 16.6 Å². The van der Waals surface area contributed by atoms with Crippen molar-refractivity contribution in [3.05, 3.63) is 46.5 Å². The number of hydrogen-bond acceptors (Lipinski definition) is 4. The quantitative estimate of drug-likeness (QED) is 0.783. The molecular formula is C14H14N2O3. The van der Waals surface area contributed by atoms with Gasteiger partial charge in [-0.3, -0.25) is 9.59 Å². The van der Waals surface area contributed by atoms with Gasteiger partial charge in [0, 0.05) is 7.05 Å². The molecule has 1 aromatic heterocycles. The Balaban J connectivity index is 2.33. The molecule has 0 aliphatic rings. The molecule has 0 atom stereocenters. The van der Waals surface area contributed by atoms with Gasteiger partial charge in [-0.25, -0.2) is 4.98 Å². The minimum atomic E-state index is -0.297. The second-order valence-electron chi connectivity index (χ2n) is 4.12. The van der Waals surface area contributed by atoms with E-state index in [1.165, 1.54) is 18.0 Å². The summed E-state index contributed by atoms with van der Waals surface area (Å²) < 4.78 is 5.97. The zero-order valence-corrected chi connectivity index (χ0v) is 10.8. The van der Waals surface area contributed by atoms with Crippen LogP contribution in [0.2, 0.25) is 0 Å². The number of carbonyl (C=O) groups excluding carboxylic acids is 1. The van der Waals surface area contributed by atoms with Crippen LogP contribution in [0.4, 0.5) is 0 Å². The van der Waals surface area contributed by atoms with Crippen molar-refractivity contribution in [3.63, 3.8) is 0 Å². The number of aromatic nitrogens is 2. The minimum absolute atomic E-state index is 0.0896. The number of ether oxygens (including phenoxy) is 1. The highest BCUT2D eigenvalue weighted by Crippen LogP contribution is 2.11. The molecule has 5 heteroatoms. The van der Waals surface area contributed by atoms with E-state index in [-0.39, 0.29) is 17.9 Å². The van der Waals surface area contributed by atoms with Crippen LogP contribution in [0.1, 0.15) is 12.0 Å². The van der Waals surface area contributed by atoms with Crippen LogP contribution < -0.4 is 5.56 Å². The third-order valence-electron chi connectivity index (χ3n) is 2.76. The van der Waals surface area contributed by atoms with Gasteiger partial charge in [-0.05, 0) is 17.7 Å². The monoisotopic (exact) mass is 258 g/mol. The van der Waals surface area contributed by atoms with Crippen LogP contribution >= 0.6 is 0 Å². The van der Waals surface area contributed by atoms with Gasteiger partial charge in [0.2, 0.25) is 0 Å². The lowest BCUT2D eigenvalue weighted by molar-refractivity contribution is -0.139. The fourth-order valence-electron chi connectivity index (χ4n) is 1.71. The van der Waals surface area contributed by atoms with E-state index in [1.807, 2.05) is 6.07 Å². The Bertz CT molecular complexity index is 701. The number of methoxy groups -OCH3 is 1. The Morgan fingerprint density at radius 3 is 3.00 bits per heavy atom. The second-order valence-corrected chi connectivity index (χ2v) is 4.12. The predicted octanol–water partition coefficient (Wildman–Crippen LogP) is 1.51. The van der Waals surface area contributed by atoms with Crippen molar-refractivity contribution < 1.29 is 9.53 Å². The Hall–Kier alpha value is -2.43. The topological polar surface area (TPSA) is 61.2 Å². The van der Waals surface area contributed by atoms with Crippen LogP contribution in [-0.4, -0.2) is 22.6 Å². The summed E-state index contributed by atoms with van der Waals surface area (Å²) in [5, 5.41) is 0.560. The first kappa shape index (κ1) is 13.0. The molecular weight excluding hydrogens is 244 g/mol. The lowest BCUT2D eigenvalue weighted by Crippen LogP contribution is -2.16. The molecule has 5 nitrogen and oxygen atoms in total. The summed E-state index contributed by atoms with van der Waals surface area (Å²) in [4.78, 5) is 27.1. The molecule has 0 aliphatic heterocycles. The first-order valence-corrected chi connectivity index (χ1v) is 5.80. The van der Waals surface area contributed by atoms with E-state index in [0.717, 1.165) is 5.56 Å². The average Bonchev–Trinajstić information content (AvgIpc) is 2.43. The highest BCUT2D eigenvalue weighted by molar-refractivity contribution is 5.80. The predicted molar refractivity (Wildman–Crippen MR) is 72.7 cm³/mol. The largest absolute Gasteiger partial charge is 0.469 e. The number of hydrogen-bond donors (Lipinski definition) is 0. The number of esters is 1. The van der Waals surface area contributed by atoms with Crippen molar-refractivity contribution >= 4 is 22.9 Å². The van der Waals surface area contributed by atoms with Crippen LogP contribution in [0, 0.1) is 0 Å². The molecule has 0 saturated heterocycles. The number of nitrogens with zero attached hydrogens (tertiary/aromatic N) is 2. The Labute approximate surface area is 110 Å². The molecule has 0 unspecified atom stereocenters. The summed E-state index contributed by atoms with van der Waals surface area (Å²) in [6.07, 6.45) is 5.19. The number of rotatable bonds is 3. The maximum Gasteiger partial charge on any atom is 0.309 e. The summed E-state index contributed by atoms with van der Waals surface area (Å²) >= 11 is 0. The van der Waals surface area contributed by atoms with E-state index in [9.17, 15) is 9.59 Å². The van der Waals surface area contributed by atoms with Gasteiger partial charge >= 0.3 is 5.97 Å². The van der Waals surface area contributed by atoms with Gasteiger partial charge in [0.1, 0.15) is 0 Å². The van der Waals surface area contributed by atoms with Crippen molar-refractivity contribution in [2.24, 2.45) is 7.05 Å². The van der Waals surface area contributed by atoms with E-state index in [1.54, 1.807) is 31.3 Å². The lowest BCUT2D eigenvalue weighted by Gasteiger charge is -2.01. The van der Waals surface area contributed by atoms with Crippen LogP contribution in [0.25, 0.3) is 17.0 Å². The highest BCUT2D eigenvalue weighted by Gasteiger charge is 2.02. The van der Waals surface area contributed by atoms with E-state index < -0.39 is 0 Å². The van der Waals surface area contributed by atoms with Crippen molar-refractivity contribution in [2.45, 2.75) is 6.42 Å². The SMILES string of the molecule is COC(=O)CC=Cc1ccc2ncn(C)c(=O)c2c1. The van der Waals surface area contributed by atoms with Gasteiger partial charge in [0.15, 0.2) is 0 Å². The maximum atomic E-state index is 11.9. The summed E-state index contributed by atoms with van der Waals surface area (Å²) in [5.41, 5.74) is 1.42. The molecule has 2 aromatic rings. The summed E-state index contributed by atoms with van der Waals surface area (Å²) in [6.45, 7) is 0. The zero-order valence-electron chi connectivity index (χ0n) is 10.8. The Morgan fingerprint density at radius 1 is 1.47 bits per heavy atom. The molecule has 0 bridgehead atoms. The normalized spacial score (nSPS) is 11.1. The number of benzene rings is 1.